The quantitative estimate of drug-likeness (QED) is 0.811. The van der Waals surface area contributed by atoms with Gasteiger partial charge in [0.2, 0.25) is 0 Å². The number of hydrogen-bond donors (Lipinski definition) is 1. The van der Waals surface area contributed by atoms with Crippen molar-refractivity contribution in [3.8, 4) is 11.5 Å². The molecule has 3 rings (SSSR count). The normalized spacial score (nSPS) is 15.6. The van der Waals surface area contributed by atoms with Gasteiger partial charge in [-0.25, -0.2) is 4.68 Å². The number of fused-ring (bicyclic) bond motifs is 1. The van der Waals surface area contributed by atoms with Crippen LogP contribution in [0.1, 0.15) is 23.8 Å². The van der Waals surface area contributed by atoms with Crippen LogP contribution >= 0.6 is 31.9 Å². The van der Waals surface area contributed by atoms with E-state index >= 15 is 0 Å². The van der Waals surface area contributed by atoms with E-state index in [2.05, 4.69) is 42.2 Å². The second kappa shape index (κ2) is 5.94. The number of aliphatic hydroxyl groups excluding tert-OH is 1. The summed E-state index contributed by atoms with van der Waals surface area (Å²) >= 11 is 6.77. The minimum atomic E-state index is -0.868. The fourth-order valence-electron chi connectivity index (χ4n) is 2.20. The first-order valence-electron chi connectivity index (χ1n) is 6.40. The van der Waals surface area contributed by atoms with Gasteiger partial charge in [0, 0.05) is 13.5 Å². The molecule has 8 heteroatoms. The summed E-state index contributed by atoms with van der Waals surface area (Å²) in [6.45, 7) is 1.21. The molecule has 0 aliphatic carbocycles. The highest BCUT2D eigenvalue weighted by atomic mass is 79.9. The van der Waals surface area contributed by atoms with E-state index in [4.69, 9.17) is 9.47 Å². The Morgan fingerprint density at radius 3 is 2.76 bits per heavy atom. The predicted molar refractivity (Wildman–Crippen MR) is 82.5 cm³/mol. The molecule has 1 atom stereocenters. The number of aryl methyl sites for hydroxylation is 1. The van der Waals surface area contributed by atoms with E-state index in [1.165, 1.54) is 4.68 Å². The topological polar surface area (TPSA) is 69.4 Å². The molecular weight excluding hydrogens is 406 g/mol. The average molecular weight is 419 g/mol. The van der Waals surface area contributed by atoms with Gasteiger partial charge in [-0.2, -0.15) is 0 Å². The first-order valence-corrected chi connectivity index (χ1v) is 7.98. The third-order valence-electron chi connectivity index (χ3n) is 3.23. The van der Waals surface area contributed by atoms with Crippen molar-refractivity contribution in [2.24, 2.45) is 7.05 Å². The Hall–Kier alpha value is -1.12. The minimum absolute atomic E-state index is 0.515. The smallest absolute Gasteiger partial charge is 0.175 e. The summed E-state index contributed by atoms with van der Waals surface area (Å²) < 4.78 is 14.1. The fourth-order valence-corrected chi connectivity index (χ4v) is 3.31. The molecule has 0 radical (unpaired) electrons. The number of halogens is 2. The van der Waals surface area contributed by atoms with Gasteiger partial charge in [0.15, 0.2) is 16.1 Å². The molecule has 0 fully saturated rings. The van der Waals surface area contributed by atoms with Crippen LogP contribution in [0.3, 0.4) is 0 Å². The Morgan fingerprint density at radius 1 is 1.29 bits per heavy atom. The Labute approximate surface area is 138 Å². The molecule has 2 heterocycles. The van der Waals surface area contributed by atoms with Gasteiger partial charge in [0.25, 0.3) is 0 Å². The zero-order valence-electron chi connectivity index (χ0n) is 11.2. The van der Waals surface area contributed by atoms with Crippen LogP contribution in [-0.2, 0) is 7.05 Å². The van der Waals surface area contributed by atoms with E-state index in [1.807, 2.05) is 6.07 Å². The summed E-state index contributed by atoms with van der Waals surface area (Å²) in [5.74, 6) is 1.30. The van der Waals surface area contributed by atoms with Crippen molar-refractivity contribution in [2.75, 3.05) is 13.2 Å². The Bertz CT molecular complexity index is 655. The molecule has 1 unspecified atom stereocenters. The zero-order chi connectivity index (χ0) is 15.0. The van der Waals surface area contributed by atoms with Gasteiger partial charge in [0.1, 0.15) is 11.8 Å². The van der Waals surface area contributed by atoms with Crippen LogP contribution in [0, 0.1) is 0 Å². The lowest BCUT2D eigenvalue weighted by molar-refractivity contribution is 0.208. The van der Waals surface area contributed by atoms with Crippen LogP contribution in [0.15, 0.2) is 21.2 Å². The van der Waals surface area contributed by atoms with Crippen LogP contribution < -0.4 is 9.47 Å². The number of ether oxygens (including phenoxy) is 2. The second-order valence-electron chi connectivity index (χ2n) is 4.67. The molecular formula is C13H13Br2N3O3. The van der Waals surface area contributed by atoms with Crippen molar-refractivity contribution in [1.29, 1.82) is 0 Å². The average Bonchev–Trinajstić information content (AvgIpc) is 2.67. The summed E-state index contributed by atoms with van der Waals surface area (Å²) in [6, 6.07) is 3.60. The first-order chi connectivity index (χ1) is 10.1. The Morgan fingerprint density at radius 2 is 2.05 bits per heavy atom. The van der Waals surface area contributed by atoms with Gasteiger partial charge in [-0.05, 0) is 49.6 Å². The molecule has 0 spiro atoms. The summed E-state index contributed by atoms with van der Waals surface area (Å²) in [5.41, 5.74) is 1.26. The molecule has 0 saturated carbocycles. The number of hydrogen-bond acceptors (Lipinski definition) is 5. The third-order valence-corrected chi connectivity index (χ3v) is 4.38. The van der Waals surface area contributed by atoms with Crippen molar-refractivity contribution in [3.05, 3.63) is 32.5 Å². The predicted octanol–water partition coefficient (Wildman–Crippen LogP) is 2.58. The maximum absolute atomic E-state index is 10.6. The van der Waals surface area contributed by atoms with Crippen LogP contribution in [0.5, 0.6) is 11.5 Å². The number of rotatable bonds is 2. The molecule has 6 nitrogen and oxygen atoms in total. The molecule has 112 valence electrons. The van der Waals surface area contributed by atoms with E-state index in [0.717, 1.165) is 10.9 Å². The van der Waals surface area contributed by atoms with E-state index in [1.54, 1.807) is 13.1 Å². The summed E-state index contributed by atoms with van der Waals surface area (Å²) in [5, 5.41) is 18.4. The van der Waals surface area contributed by atoms with E-state index in [9.17, 15) is 5.11 Å². The summed E-state index contributed by atoms with van der Waals surface area (Å²) in [7, 11) is 1.73. The van der Waals surface area contributed by atoms with Crippen LogP contribution in [-0.4, -0.2) is 33.3 Å². The third kappa shape index (κ3) is 2.79. The fraction of sp³-hybridized carbons (Fsp3) is 0.385. The number of aromatic nitrogens is 3. The maximum atomic E-state index is 10.6. The monoisotopic (exact) mass is 417 g/mol. The highest BCUT2D eigenvalue weighted by Crippen LogP contribution is 2.41. The maximum Gasteiger partial charge on any atom is 0.175 e. The first kappa shape index (κ1) is 14.8. The molecule has 1 N–H and O–H groups in total. The van der Waals surface area contributed by atoms with Gasteiger partial charge in [-0.15, -0.1) is 5.10 Å². The lowest BCUT2D eigenvalue weighted by atomic mass is 10.1. The van der Waals surface area contributed by atoms with Crippen molar-refractivity contribution < 1.29 is 14.6 Å². The highest BCUT2D eigenvalue weighted by Gasteiger charge is 2.23. The minimum Gasteiger partial charge on any atom is -0.490 e. The van der Waals surface area contributed by atoms with Crippen LogP contribution in [0.4, 0.5) is 0 Å². The molecule has 2 aromatic rings. The largest absolute Gasteiger partial charge is 0.490 e. The molecule has 1 aliphatic heterocycles. The molecule has 21 heavy (non-hydrogen) atoms. The lowest BCUT2D eigenvalue weighted by Gasteiger charge is -2.16. The highest BCUT2D eigenvalue weighted by molar-refractivity contribution is 9.10. The number of aliphatic hydroxyl groups is 1. The lowest BCUT2D eigenvalue weighted by Crippen LogP contribution is -2.08. The van der Waals surface area contributed by atoms with Crippen molar-refractivity contribution in [3.63, 3.8) is 0 Å². The van der Waals surface area contributed by atoms with Gasteiger partial charge >= 0.3 is 0 Å². The Balaban J connectivity index is 2.03. The molecule has 1 aromatic carbocycles. The van der Waals surface area contributed by atoms with Gasteiger partial charge in [-0.3, -0.25) is 0 Å². The summed E-state index contributed by atoms with van der Waals surface area (Å²) in [6.07, 6.45) is -0.0382. The molecule has 0 bridgehead atoms. The van der Waals surface area contributed by atoms with Gasteiger partial charge in [-0.1, -0.05) is 5.21 Å². The molecule has 1 aromatic heterocycles. The van der Waals surface area contributed by atoms with Gasteiger partial charge in [0.05, 0.1) is 17.7 Å². The van der Waals surface area contributed by atoms with E-state index < -0.39 is 6.10 Å². The molecule has 0 saturated heterocycles. The molecule has 1 aliphatic rings. The second-order valence-corrected chi connectivity index (χ2v) is 6.28. The zero-order valence-corrected chi connectivity index (χ0v) is 14.4. The van der Waals surface area contributed by atoms with Gasteiger partial charge < -0.3 is 14.6 Å². The van der Waals surface area contributed by atoms with E-state index in [-0.39, 0.29) is 0 Å². The van der Waals surface area contributed by atoms with Crippen molar-refractivity contribution in [2.45, 2.75) is 12.5 Å². The number of benzene rings is 1. The van der Waals surface area contributed by atoms with Crippen LogP contribution in [0.25, 0.3) is 0 Å². The summed E-state index contributed by atoms with van der Waals surface area (Å²) in [4.78, 5) is 0. The van der Waals surface area contributed by atoms with Crippen molar-refractivity contribution in [1.82, 2.24) is 15.0 Å². The van der Waals surface area contributed by atoms with E-state index in [0.29, 0.717) is 40.6 Å². The Kier molecular flexibility index (Phi) is 4.19. The van der Waals surface area contributed by atoms with Crippen LogP contribution in [0.2, 0.25) is 0 Å². The SMILES string of the molecule is Cn1nnc(Br)c1C(O)c1cc(Br)c2c(c1)OCCCO2. The number of nitrogens with zero attached hydrogens (tertiary/aromatic N) is 3. The standard InChI is InChI=1S/C13H13Br2N3O3/c1-18-10(13(15)16-17-18)11(19)7-5-8(14)12-9(6-7)20-3-2-4-21-12/h5-6,11,19H,2-4H2,1H3. The molecule has 0 amide bonds. The van der Waals surface area contributed by atoms with Crippen molar-refractivity contribution >= 4 is 31.9 Å².